The molecule has 0 spiro atoms. The van der Waals surface area contributed by atoms with E-state index >= 15 is 0 Å². The lowest BCUT2D eigenvalue weighted by Gasteiger charge is -2.27. The summed E-state index contributed by atoms with van der Waals surface area (Å²) in [4.78, 5) is 0. The Morgan fingerprint density at radius 1 is 1.20 bits per heavy atom. The van der Waals surface area contributed by atoms with Crippen molar-refractivity contribution in [1.82, 2.24) is 0 Å². The van der Waals surface area contributed by atoms with Crippen LogP contribution in [0.2, 0.25) is 0 Å². The first-order valence-electron chi connectivity index (χ1n) is 4.13. The number of ether oxygens (including phenoxy) is 1. The lowest BCUT2D eigenvalue weighted by atomic mass is 10.1. The van der Waals surface area contributed by atoms with Crippen molar-refractivity contribution in [3.8, 4) is 0 Å². The van der Waals surface area contributed by atoms with Gasteiger partial charge in [0.2, 0.25) is 0 Å². The van der Waals surface area contributed by atoms with Gasteiger partial charge in [-0.15, -0.1) is 0 Å². The number of alkyl halides is 1. The fourth-order valence-electron chi connectivity index (χ4n) is 1.62. The summed E-state index contributed by atoms with van der Waals surface area (Å²) in [6.45, 7) is 1.01. The van der Waals surface area contributed by atoms with Gasteiger partial charge >= 0.3 is 0 Å². The maximum absolute atomic E-state index is 5.71. The van der Waals surface area contributed by atoms with E-state index < -0.39 is 0 Å². The van der Waals surface area contributed by atoms with E-state index in [1.807, 2.05) is 0 Å². The van der Waals surface area contributed by atoms with E-state index in [4.69, 9.17) is 4.74 Å². The second-order valence-electron chi connectivity index (χ2n) is 3.33. The van der Waals surface area contributed by atoms with E-state index in [2.05, 4.69) is 22.6 Å². The first-order chi connectivity index (χ1) is 4.88. The molecule has 10 heavy (non-hydrogen) atoms. The van der Waals surface area contributed by atoms with E-state index in [0.29, 0.717) is 6.10 Å². The molecule has 0 unspecified atom stereocenters. The Labute approximate surface area is 75.7 Å². The summed E-state index contributed by atoms with van der Waals surface area (Å²) in [5.41, 5.74) is 0. The Morgan fingerprint density at radius 2 is 2.00 bits per heavy atom. The molecule has 0 aromatic carbocycles. The molecule has 1 aliphatic heterocycles. The van der Waals surface area contributed by atoms with Crippen LogP contribution in [0, 0.1) is 5.92 Å². The van der Waals surface area contributed by atoms with Gasteiger partial charge in [0.15, 0.2) is 0 Å². The fourth-order valence-corrected chi connectivity index (χ4v) is 2.86. The number of rotatable bonds is 1. The van der Waals surface area contributed by atoms with Gasteiger partial charge in [0.25, 0.3) is 0 Å². The lowest BCUT2D eigenvalue weighted by Crippen LogP contribution is -2.31. The monoisotopic (exact) mass is 252 g/mol. The highest BCUT2D eigenvalue weighted by Crippen LogP contribution is 2.40. The normalized spacial score (nSPS) is 41.7. The summed E-state index contributed by atoms with van der Waals surface area (Å²) in [5, 5.41) is 0. The van der Waals surface area contributed by atoms with Crippen molar-refractivity contribution in [2.75, 3.05) is 6.61 Å². The molecule has 2 heteroatoms. The van der Waals surface area contributed by atoms with Gasteiger partial charge in [-0.2, -0.15) is 0 Å². The Morgan fingerprint density at radius 3 is 2.60 bits per heavy atom. The molecule has 0 N–H and O–H groups in total. The summed E-state index contributed by atoms with van der Waals surface area (Å²) < 4.78 is 6.51. The minimum Gasteiger partial charge on any atom is -0.377 e. The highest BCUT2D eigenvalue weighted by molar-refractivity contribution is 14.1. The molecule has 0 aromatic heterocycles. The zero-order valence-electron chi connectivity index (χ0n) is 6.05. The van der Waals surface area contributed by atoms with E-state index in [-0.39, 0.29) is 0 Å². The van der Waals surface area contributed by atoms with Gasteiger partial charge in [-0.3, -0.25) is 0 Å². The van der Waals surface area contributed by atoms with Crippen LogP contribution in [0.3, 0.4) is 0 Å². The largest absolute Gasteiger partial charge is 0.377 e. The molecule has 1 saturated carbocycles. The third kappa shape index (κ3) is 1.47. The average Bonchev–Trinajstić information content (AvgIpc) is 2.71. The summed E-state index contributed by atoms with van der Waals surface area (Å²) in [6.07, 6.45) is 6.11. The first-order valence-corrected chi connectivity index (χ1v) is 5.38. The standard InChI is InChI=1S/C8H13IO/c9-7-2-1-5-10-8(7)6-3-4-6/h6-8H,1-5H2/t7-,8-/m0/s1. The van der Waals surface area contributed by atoms with Gasteiger partial charge in [-0.1, -0.05) is 22.6 Å². The van der Waals surface area contributed by atoms with E-state index in [1.54, 1.807) is 0 Å². The highest BCUT2D eigenvalue weighted by Gasteiger charge is 2.37. The molecule has 0 aromatic rings. The Balaban J connectivity index is 1.90. The molecule has 2 atom stereocenters. The second kappa shape index (κ2) is 2.97. The van der Waals surface area contributed by atoms with Gasteiger partial charge in [0, 0.05) is 10.5 Å². The van der Waals surface area contributed by atoms with E-state index in [1.165, 1.54) is 25.7 Å². The van der Waals surface area contributed by atoms with Crippen LogP contribution in [0.1, 0.15) is 25.7 Å². The van der Waals surface area contributed by atoms with Crippen molar-refractivity contribution in [3.63, 3.8) is 0 Å². The first kappa shape index (κ1) is 7.35. The van der Waals surface area contributed by atoms with Crippen molar-refractivity contribution in [3.05, 3.63) is 0 Å². The smallest absolute Gasteiger partial charge is 0.0720 e. The van der Waals surface area contributed by atoms with Crippen molar-refractivity contribution >= 4 is 22.6 Å². The Hall–Kier alpha value is 0.690. The summed E-state index contributed by atoms with van der Waals surface area (Å²) in [7, 11) is 0. The van der Waals surface area contributed by atoms with E-state index in [9.17, 15) is 0 Å². The Kier molecular flexibility index (Phi) is 2.18. The fraction of sp³-hybridized carbons (Fsp3) is 1.00. The predicted molar refractivity (Wildman–Crippen MR) is 49.5 cm³/mol. The van der Waals surface area contributed by atoms with Crippen LogP contribution in [0.5, 0.6) is 0 Å². The molecule has 0 bridgehead atoms. The van der Waals surface area contributed by atoms with Gasteiger partial charge < -0.3 is 4.74 Å². The number of hydrogen-bond donors (Lipinski definition) is 0. The van der Waals surface area contributed by atoms with Crippen molar-refractivity contribution in [2.24, 2.45) is 5.92 Å². The Bertz CT molecular complexity index is 122. The maximum atomic E-state index is 5.71. The van der Waals surface area contributed by atoms with Gasteiger partial charge in [0.05, 0.1) is 6.10 Å². The second-order valence-corrected chi connectivity index (χ2v) is 4.93. The summed E-state index contributed by atoms with van der Waals surface area (Å²) in [6, 6.07) is 0. The third-order valence-corrected chi connectivity index (χ3v) is 3.71. The zero-order valence-corrected chi connectivity index (χ0v) is 8.21. The van der Waals surface area contributed by atoms with Crippen molar-refractivity contribution < 1.29 is 4.74 Å². The lowest BCUT2D eigenvalue weighted by molar-refractivity contribution is 0.0114. The molecular weight excluding hydrogens is 239 g/mol. The van der Waals surface area contributed by atoms with Crippen molar-refractivity contribution in [1.29, 1.82) is 0 Å². The van der Waals surface area contributed by atoms with Crippen LogP contribution in [0.4, 0.5) is 0 Å². The zero-order chi connectivity index (χ0) is 6.97. The molecule has 1 heterocycles. The molecule has 1 aliphatic carbocycles. The average molecular weight is 252 g/mol. The van der Waals surface area contributed by atoms with Gasteiger partial charge in [-0.25, -0.2) is 0 Å². The molecule has 2 aliphatic rings. The maximum Gasteiger partial charge on any atom is 0.0720 e. The molecule has 1 nitrogen and oxygen atoms in total. The molecule has 58 valence electrons. The molecular formula is C8H13IO. The molecule has 0 radical (unpaired) electrons. The van der Waals surface area contributed by atoms with Crippen LogP contribution < -0.4 is 0 Å². The molecule has 2 rings (SSSR count). The van der Waals surface area contributed by atoms with Crippen LogP contribution in [-0.2, 0) is 4.74 Å². The predicted octanol–water partition coefficient (Wildman–Crippen LogP) is 2.38. The quantitative estimate of drug-likeness (QED) is 0.514. The van der Waals surface area contributed by atoms with Gasteiger partial charge in [-0.05, 0) is 31.6 Å². The molecule has 2 fully saturated rings. The summed E-state index contributed by atoms with van der Waals surface area (Å²) in [5.74, 6) is 0.933. The summed E-state index contributed by atoms with van der Waals surface area (Å²) >= 11 is 2.55. The topological polar surface area (TPSA) is 9.23 Å². The van der Waals surface area contributed by atoms with Crippen LogP contribution in [0.25, 0.3) is 0 Å². The highest BCUT2D eigenvalue weighted by atomic mass is 127. The van der Waals surface area contributed by atoms with Crippen LogP contribution in [0.15, 0.2) is 0 Å². The minimum absolute atomic E-state index is 0.620. The minimum atomic E-state index is 0.620. The van der Waals surface area contributed by atoms with Crippen LogP contribution >= 0.6 is 22.6 Å². The van der Waals surface area contributed by atoms with Gasteiger partial charge in [0.1, 0.15) is 0 Å². The SMILES string of the molecule is I[C@H]1CCCO[C@H]1C1CC1. The molecule has 1 saturated heterocycles. The van der Waals surface area contributed by atoms with E-state index in [0.717, 1.165) is 16.4 Å². The number of halogens is 1. The number of hydrogen-bond acceptors (Lipinski definition) is 1. The molecule has 0 amide bonds. The third-order valence-electron chi connectivity index (χ3n) is 2.38. The van der Waals surface area contributed by atoms with Crippen LogP contribution in [-0.4, -0.2) is 16.6 Å². The van der Waals surface area contributed by atoms with Crippen molar-refractivity contribution in [2.45, 2.75) is 35.7 Å².